The molecule has 0 saturated heterocycles. The van der Waals surface area contributed by atoms with Gasteiger partial charge in [0.15, 0.2) is 5.13 Å². The predicted octanol–water partition coefficient (Wildman–Crippen LogP) is 3.64. The van der Waals surface area contributed by atoms with Gasteiger partial charge in [-0.2, -0.15) is 0 Å². The van der Waals surface area contributed by atoms with Crippen LogP contribution in [0.2, 0.25) is 5.02 Å². The first-order chi connectivity index (χ1) is 10.2. The van der Waals surface area contributed by atoms with Crippen LogP contribution in [0.3, 0.4) is 0 Å². The van der Waals surface area contributed by atoms with Gasteiger partial charge in [-0.3, -0.25) is 10.1 Å². The van der Waals surface area contributed by atoms with E-state index in [1.807, 2.05) is 12.1 Å². The van der Waals surface area contributed by atoms with Crippen molar-refractivity contribution < 1.29 is 4.79 Å². The summed E-state index contributed by atoms with van der Waals surface area (Å²) in [5.41, 5.74) is 1.28. The van der Waals surface area contributed by atoms with E-state index in [0.717, 1.165) is 10.2 Å². The van der Waals surface area contributed by atoms with Crippen molar-refractivity contribution in [1.29, 1.82) is 0 Å². The quantitative estimate of drug-likeness (QED) is 0.773. The molecule has 0 unspecified atom stereocenters. The van der Waals surface area contributed by atoms with Crippen LogP contribution in [0.15, 0.2) is 36.5 Å². The van der Waals surface area contributed by atoms with Gasteiger partial charge in [-0.25, -0.2) is 9.97 Å². The number of aromatic nitrogens is 2. The van der Waals surface area contributed by atoms with Crippen LogP contribution >= 0.6 is 22.9 Å². The van der Waals surface area contributed by atoms with Crippen LogP contribution in [0.5, 0.6) is 0 Å². The average Bonchev–Trinajstić information content (AvgIpc) is 2.88. The number of hydrogen-bond donors (Lipinski definition) is 2. The molecule has 1 aromatic carbocycles. The fourth-order valence-corrected chi connectivity index (χ4v) is 3.04. The molecule has 0 aliphatic heterocycles. The molecule has 7 heteroatoms. The highest BCUT2D eigenvalue weighted by Crippen LogP contribution is 2.28. The van der Waals surface area contributed by atoms with E-state index in [1.165, 1.54) is 11.3 Å². The molecular weight excluding hydrogens is 308 g/mol. The second kappa shape index (κ2) is 5.67. The molecule has 2 aromatic heterocycles. The molecule has 2 N–H and O–H groups in total. The zero-order valence-electron chi connectivity index (χ0n) is 11.1. The van der Waals surface area contributed by atoms with Gasteiger partial charge in [0.05, 0.1) is 15.8 Å². The summed E-state index contributed by atoms with van der Waals surface area (Å²) in [6, 6.07) is 8.85. The van der Waals surface area contributed by atoms with Crippen LogP contribution in [0, 0.1) is 0 Å². The van der Waals surface area contributed by atoms with Gasteiger partial charge in [0.1, 0.15) is 5.82 Å². The summed E-state index contributed by atoms with van der Waals surface area (Å²) in [5, 5.41) is 6.85. The number of carbonyl (C=O) groups is 1. The monoisotopic (exact) mass is 318 g/mol. The van der Waals surface area contributed by atoms with E-state index >= 15 is 0 Å². The maximum Gasteiger partial charge on any atom is 0.261 e. The minimum absolute atomic E-state index is 0.252. The van der Waals surface area contributed by atoms with Gasteiger partial charge in [0.2, 0.25) is 0 Å². The summed E-state index contributed by atoms with van der Waals surface area (Å²) >= 11 is 7.32. The zero-order chi connectivity index (χ0) is 14.8. The van der Waals surface area contributed by atoms with E-state index in [-0.39, 0.29) is 5.91 Å². The molecule has 0 atom stereocenters. The number of rotatable bonds is 3. The molecule has 5 nitrogen and oxygen atoms in total. The standard InChI is InChI=1S/C14H11ClN4OS/c1-16-12-9(3-2-6-17-12)13(20)19-14-18-10-5-4-8(15)7-11(10)21-14/h2-7H,1H3,(H,16,17)(H,18,19,20). The first-order valence-electron chi connectivity index (χ1n) is 6.17. The summed E-state index contributed by atoms with van der Waals surface area (Å²) in [7, 11) is 1.72. The molecule has 3 rings (SSSR count). The van der Waals surface area contributed by atoms with Crippen LogP contribution < -0.4 is 10.6 Å². The van der Waals surface area contributed by atoms with Crippen molar-refractivity contribution in [3.63, 3.8) is 0 Å². The number of anilines is 2. The van der Waals surface area contributed by atoms with Crippen molar-refractivity contribution in [2.75, 3.05) is 17.7 Å². The summed E-state index contributed by atoms with van der Waals surface area (Å²) in [6.07, 6.45) is 1.63. The van der Waals surface area contributed by atoms with E-state index in [1.54, 1.807) is 31.4 Å². The Hall–Kier alpha value is -2.18. The van der Waals surface area contributed by atoms with Gasteiger partial charge >= 0.3 is 0 Å². The molecule has 0 bridgehead atoms. The highest BCUT2D eigenvalue weighted by Gasteiger charge is 2.13. The van der Waals surface area contributed by atoms with Crippen LogP contribution in [0.1, 0.15) is 10.4 Å². The fraction of sp³-hybridized carbons (Fsp3) is 0.0714. The zero-order valence-corrected chi connectivity index (χ0v) is 12.6. The third-order valence-electron chi connectivity index (χ3n) is 2.86. The van der Waals surface area contributed by atoms with Crippen LogP contribution in [0.4, 0.5) is 10.9 Å². The Morgan fingerprint density at radius 3 is 3.00 bits per heavy atom. The van der Waals surface area contributed by atoms with Crippen molar-refractivity contribution in [2.45, 2.75) is 0 Å². The lowest BCUT2D eigenvalue weighted by molar-refractivity contribution is 0.102. The van der Waals surface area contributed by atoms with E-state index < -0.39 is 0 Å². The third-order valence-corrected chi connectivity index (χ3v) is 4.03. The number of nitrogens with one attached hydrogen (secondary N) is 2. The first kappa shape index (κ1) is 13.8. The van der Waals surface area contributed by atoms with Crippen molar-refractivity contribution in [3.05, 3.63) is 47.1 Å². The predicted molar refractivity (Wildman–Crippen MR) is 86.4 cm³/mol. The normalized spacial score (nSPS) is 10.6. The average molecular weight is 319 g/mol. The van der Waals surface area contributed by atoms with E-state index in [2.05, 4.69) is 20.6 Å². The fourth-order valence-electron chi connectivity index (χ4n) is 1.90. The number of fused-ring (bicyclic) bond motifs is 1. The maximum atomic E-state index is 12.3. The van der Waals surface area contributed by atoms with Gasteiger partial charge < -0.3 is 5.32 Å². The molecule has 0 aliphatic rings. The second-order valence-electron chi connectivity index (χ2n) is 4.23. The van der Waals surface area contributed by atoms with Gasteiger partial charge in [-0.15, -0.1) is 0 Å². The van der Waals surface area contributed by atoms with Gasteiger partial charge in [0, 0.05) is 18.3 Å². The lowest BCUT2D eigenvalue weighted by atomic mass is 10.2. The van der Waals surface area contributed by atoms with Crippen LogP contribution in [-0.4, -0.2) is 22.9 Å². The Morgan fingerprint density at radius 2 is 2.19 bits per heavy atom. The van der Waals surface area contributed by atoms with Crippen molar-refractivity contribution in [1.82, 2.24) is 9.97 Å². The Labute approximate surface area is 130 Å². The molecule has 0 fully saturated rings. The molecule has 0 radical (unpaired) electrons. The molecule has 0 spiro atoms. The van der Waals surface area contributed by atoms with Gasteiger partial charge in [0.25, 0.3) is 5.91 Å². The van der Waals surface area contributed by atoms with Gasteiger partial charge in [-0.1, -0.05) is 22.9 Å². The van der Waals surface area contributed by atoms with E-state index in [0.29, 0.717) is 21.5 Å². The topological polar surface area (TPSA) is 66.9 Å². The number of amides is 1. The smallest absolute Gasteiger partial charge is 0.261 e. The molecular formula is C14H11ClN4OS. The number of thiazole rings is 1. The number of hydrogen-bond acceptors (Lipinski definition) is 5. The second-order valence-corrected chi connectivity index (χ2v) is 5.70. The molecule has 3 aromatic rings. The highest BCUT2D eigenvalue weighted by molar-refractivity contribution is 7.22. The SMILES string of the molecule is CNc1ncccc1C(=O)Nc1nc2ccc(Cl)cc2s1. The van der Waals surface area contributed by atoms with Gasteiger partial charge in [-0.05, 0) is 30.3 Å². The third kappa shape index (κ3) is 2.81. The lowest BCUT2D eigenvalue weighted by Crippen LogP contribution is -2.14. The minimum Gasteiger partial charge on any atom is -0.372 e. The summed E-state index contributed by atoms with van der Waals surface area (Å²) in [5.74, 6) is 0.275. The summed E-state index contributed by atoms with van der Waals surface area (Å²) in [4.78, 5) is 20.8. The molecule has 2 heterocycles. The Morgan fingerprint density at radius 1 is 1.33 bits per heavy atom. The maximum absolute atomic E-state index is 12.3. The lowest BCUT2D eigenvalue weighted by Gasteiger charge is -2.06. The summed E-state index contributed by atoms with van der Waals surface area (Å²) < 4.78 is 0.929. The Balaban J connectivity index is 1.89. The molecule has 0 aliphatic carbocycles. The number of nitrogens with zero attached hydrogens (tertiary/aromatic N) is 2. The number of carbonyl (C=O) groups excluding carboxylic acids is 1. The number of pyridine rings is 1. The number of halogens is 1. The minimum atomic E-state index is -0.252. The highest BCUT2D eigenvalue weighted by atomic mass is 35.5. The number of benzene rings is 1. The largest absolute Gasteiger partial charge is 0.372 e. The van der Waals surface area contributed by atoms with Crippen LogP contribution in [-0.2, 0) is 0 Å². The van der Waals surface area contributed by atoms with Crippen molar-refractivity contribution in [2.24, 2.45) is 0 Å². The first-order valence-corrected chi connectivity index (χ1v) is 7.37. The Kier molecular flexibility index (Phi) is 3.72. The van der Waals surface area contributed by atoms with E-state index in [9.17, 15) is 4.79 Å². The van der Waals surface area contributed by atoms with Crippen LogP contribution in [0.25, 0.3) is 10.2 Å². The Bertz CT molecular complexity index is 818. The molecule has 0 saturated carbocycles. The van der Waals surface area contributed by atoms with E-state index in [4.69, 9.17) is 11.6 Å². The molecule has 21 heavy (non-hydrogen) atoms. The molecule has 1 amide bonds. The summed E-state index contributed by atoms with van der Waals surface area (Å²) in [6.45, 7) is 0. The van der Waals surface area contributed by atoms with Crippen molar-refractivity contribution >= 4 is 50.0 Å². The molecule has 106 valence electrons. The van der Waals surface area contributed by atoms with Crippen molar-refractivity contribution in [3.8, 4) is 0 Å².